The van der Waals surface area contributed by atoms with Crippen LogP contribution in [0.5, 0.6) is 0 Å². The second-order valence-electron chi connectivity index (χ2n) is 4.98. The maximum Gasteiger partial charge on any atom is 0.269 e. The Morgan fingerprint density at radius 3 is 2.38 bits per heavy atom. The molecule has 1 aromatic rings. The lowest BCUT2D eigenvalue weighted by atomic mass is 9.88. The summed E-state index contributed by atoms with van der Waals surface area (Å²) in [5.41, 5.74) is 2.70. The molecule has 0 aliphatic carbocycles. The van der Waals surface area contributed by atoms with Crippen LogP contribution in [-0.4, -0.2) is 22.7 Å². The Morgan fingerprint density at radius 1 is 1.44 bits per heavy atom. The highest BCUT2D eigenvalue weighted by molar-refractivity contribution is 5.94. The Labute approximate surface area is 97.0 Å². The third-order valence-electron chi connectivity index (χ3n) is 2.65. The summed E-state index contributed by atoms with van der Waals surface area (Å²) < 4.78 is 1.68. The minimum Gasteiger partial charge on any atom is -0.354 e. The molecule has 0 spiro atoms. The van der Waals surface area contributed by atoms with Crippen molar-refractivity contribution in [3.05, 3.63) is 17.0 Å². The smallest absolute Gasteiger partial charge is 0.269 e. The number of rotatable bonds is 2. The average Bonchev–Trinajstić information content (AvgIpc) is 2.53. The Balaban J connectivity index is 3.41. The number of aryl methyl sites for hydroxylation is 1. The molecule has 0 aliphatic rings. The first-order valence-corrected chi connectivity index (χ1v) is 5.61. The van der Waals surface area contributed by atoms with Crippen LogP contribution in [-0.2, 0) is 18.9 Å². The van der Waals surface area contributed by atoms with Crippen LogP contribution >= 0.6 is 0 Å². The van der Waals surface area contributed by atoms with E-state index in [2.05, 4.69) is 38.1 Å². The summed E-state index contributed by atoms with van der Waals surface area (Å²) in [5, 5.41) is 7.14. The fourth-order valence-electron chi connectivity index (χ4n) is 1.91. The van der Waals surface area contributed by atoms with E-state index in [1.807, 2.05) is 7.05 Å². The number of nitrogens with one attached hydrogen (secondary N) is 1. The van der Waals surface area contributed by atoms with Crippen LogP contribution in [0.2, 0.25) is 0 Å². The maximum atomic E-state index is 11.8. The topological polar surface area (TPSA) is 46.9 Å². The molecule has 0 saturated carbocycles. The van der Waals surface area contributed by atoms with E-state index < -0.39 is 0 Å². The molecule has 0 fully saturated rings. The number of hydrogen-bond donors (Lipinski definition) is 1. The van der Waals surface area contributed by atoms with Gasteiger partial charge < -0.3 is 5.32 Å². The van der Waals surface area contributed by atoms with Gasteiger partial charge in [0, 0.05) is 25.1 Å². The van der Waals surface area contributed by atoms with Gasteiger partial charge in [-0.05, 0) is 6.42 Å². The van der Waals surface area contributed by atoms with Crippen LogP contribution in [0.3, 0.4) is 0 Å². The second-order valence-corrected chi connectivity index (χ2v) is 4.98. The van der Waals surface area contributed by atoms with Crippen molar-refractivity contribution in [3.63, 3.8) is 0 Å². The zero-order valence-corrected chi connectivity index (χ0v) is 11.0. The molecule has 1 heterocycles. The molecule has 90 valence electrons. The van der Waals surface area contributed by atoms with Gasteiger partial charge in [0.2, 0.25) is 0 Å². The first kappa shape index (κ1) is 12.7. The van der Waals surface area contributed by atoms with Crippen LogP contribution in [0.25, 0.3) is 0 Å². The van der Waals surface area contributed by atoms with Gasteiger partial charge >= 0.3 is 0 Å². The SMILES string of the molecule is CCc1c(C(C)(C)C)nn(C)c1C(=O)NC. The van der Waals surface area contributed by atoms with Crippen LogP contribution < -0.4 is 5.32 Å². The first-order chi connectivity index (χ1) is 7.32. The first-order valence-electron chi connectivity index (χ1n) is 5.61. The molecule has 0 aromatic carbocycles. The third-order valence-corrected chi connectivity index (χ3v) is 2.65. The number of amides is 1. The predicted molar refractivity (Wildman–Crippen MR) is 64.7 cm³/mol. The van der Waals surface area contributed by atoms with Gasteiger partial charge in [-0.15, -0.1) is 0 Å². The average molecular weight is 223 g/mol. The number of hydrogen-bond acceptors (Lipinski definition) is 2. The van der Waals surface area contributed by atoms with Crippen molar-refractivity contribution in [2.45, 2.75) is 39.5 Å². The van der Waals surface area contributed by atoms with E-state index in [0.717, 1.165) is 17.7 Å². The van der Waals surface area contributed by atoms with E-state index in [-0.39, 0.29) is 11.3 Å². The predicted octanol–water partition coefficient (Wildman–Crippen LogP) is 1.64. The summed E-state index contributed by atoms with van der Waals surface area (Å²) in [5.74, 6) is -0.0673. The van der Waals surface area contributed by atoms with Gasteiger partial charge in [-0.3, -0.25) is 9.48 Å². The molecular formula is C12H21N3O. The summed E-state index contributed by atoms with van der Waals surface area (Å²) >= 11 is 0. The second kappa shape index (κ2) is 4.28. The molecule has 0 aliphatic heterocycles. The van der Waals surface area contributed by atoms with E-state index in [1.54, 1.807) is 11.7 Å². The molecule has 0 unspecified atom stereocenters. The van der Waals surface area contributed by atoms with Crippen molar-refractivity contribution < 1.29 is 4.79 Å². The fraction of sp³-hybridized carbons (Fsp3) is 0.667. The Morgan fingerprint density at radius 2 is 2.00 bits per heavy atom. The number of nitrogens with zero attached hydrogens (tertiary/aromatic N) is 2. The zero-order chi connectivity index (χ0) is 12.5. The molecule has 0 saturated heterocycles. The van der Waals surface area contributed by atoms with Crippen LogP contribution in [0, 0.1) is 0 Å². The molecule has 0 radical (unpaired) electrons. The summed E-state index contributed by atoms with van der Waals surface area (Å²) in [7, 11) is 3.46. The molecule has 0 bridgehead atoms. The Hall–Kier alpha value is -1.32. The number of carbonyl (C=O) groups excluding carboxylic acids is 1. The van der Waals surface area contributed by atoms with Crippen molar-refractivity contribution in [2.24, 2.45) is 7.05 Å². The van der Waals surface area contributed by atoms with Crippen LogP contribution in [0.1, 0.15) is 49.4 Å². The standard InChI is InChI=1S/C12H21N3O/c1-7-8-9(11(16)13-5)15(6)14-10(8)12(2,3)4/h7H2,1-6H3,(H,13,16). The molecule has 1 amide bonds. The molecule has 1 aromatic heterocycles. The van der Waals surface area contributed by atoms with Gasteiger partial charge in [0.05, 0.1) is 5.69 Å². The number of aromatic nitrogens is 2. The minimum atomic E-state index is -0.0673. The van der Waals surface area contributed by atoms with E-state index in [0.29, 0.717) is 5.69 Å². The van der Waals surface area contributed by atoms with Crippen molar-refractivity contribution in [3.8, 4) is 0 Å². The van der Waals surface area contributed by atoms with E-state index in [4.69, 9.17) is 0 Å². The van der Waals surface area contributed by atoms with Crippen molar-refractivity contribution in [1.29, 1.82) is 0 Å². The minimum absolute atomic E-state index is 0.0324. The fourth-order valence-corrected chi connectivity index (χ4v) is 1.91. The normalized spacial score (nSPS) is 11.6. The van der Waals surface area contributed by atoms with Crippen molar-refractivity contribution in [1.82, 2.24) is 15.1 Å². The lowest BCUT2D eigenvalue weighted by Gasteiger charge is -2.17. The highest BCUT2D eigenvalue weighted by atomic mass is 16.1. The monoisotopic (exact) mass is 223 g/mol. The lowest BCUT2D eigenvalue weighted by molar-refractivity contribution is 0.0953. The molecule has 16 heavy (non-hydrogen) atoms. The van der Waals surface area contributed by atoms with E-state index >= 15 is 0 Å². The zero-order valence-electron chi connectivity index (χ0n) is 11.0. The molecule has 0 atom stereocenters. The highest BCUT2D eigenvalue weighted by Gasteiger charge is 2.27. The van der Waals surface area contributed by atoms with Gasteiger partial charge in [-0.2, -0.15) is 5.10 Å². The Kier molecular flexibility index (Phi) is 3.41. The molecule has 1 N–H and O–H groups in total. The third kappa shape index (κ3) is 2.10. The van der Waals surface area contributed by atoms with E-state index in [9.17, 15) is 4.79 Å². The van der Waals surface area contributed by atoms with Gasteiger partial charge in [0.1, 0.15) is 5.69 Å². The van der Waals surface area contributed by atoms with Crippen LogP contribution in [0.15, 0.2) is 0 Å². The van der Waals surface area contributed by atoms with Crippen molar-refractivity contribution >= 4 is 5.91 Å². The van der Waals surface area contributed by atoms with Gasteiger partial charge in [-0.1, -0.05) is 27.7 Å². The maximum absolute atomic E-state index is 11.8. The molecule has 1 rings (SSSR count). The van der Waals surface area contributed by atoms with Gasteiger partial charge in [0.25, 0.3) is 5.91 Å². The largest absolute Gasteiger partial charge is 0.354 e. The quantitative estimate of drug-likeness (QED) is 0.828. The Bertz CT molecular complexity index is 399. The van der Waals surface area contributed by atoms with Gasteiger partial charge in [-0.25, -0.2) is 0 Å². The summed E-state index contributed by atoms with van der Waals surface area (Å²) in [6.07, 6.45) is 0.823. The lowest BCUT2D eigenvalue weighted by Crippen LogP contribution is -2.22. The van der Waals surface area contributed by atoms with E-state index in [1.165, 1.54) is 0 Å². The number of carbonyl (C=O) groups is 1. The highest BCUT2D eigenvalue weighted by Crippen LogP contribution is 2.27. The van der Waals surface area contributed by atoms with Gasteiger partial charge in [0.15, 0.2) is 0 Å². The summed E-state index contributed by atoms with van der Waals surface area (Å²) in [4.78, 5) is 11.8. The molecule has 4 heteroatoms. The summed E-state index contributed by atoms with van der Waals surface area (Å²) in [6.45, 7) is 8.39. The molecule has 4 nitrogen and oxygen atoms in total. The summed E-state index contributed by atoms with van der Waals surface area (Å²) in [6, 6.07) is 0. The van der Waals surface area contributed by atoms with Crippen molar-refractivity contribution in [2.75, 3.05) is 7.05 Å². The molecular weight excluding hydrogens is 202 g/mol. The van der Waals surface area contributed by atoms with Crippen LogP contribution in [0.4, 0.5) is 0 Å².